The zero-order valence-electron chi connectivity index (χ0n) is 14.4. The van der Waals surface area contributed by atoms with Crippen LogP contribution in [-0.4, -0.2) is 50.4 Å². The summed E-state index contributed by atoms with van der Waals surface area (Å²) < 4.78 is 15.7. The van der Waals surface area contributed by atoms with Crippen LogP contribution in [0.15, 0.2) is 46.2 Å². The molecule has 1 aliphatic heterocycles. The number of likely N-dealkylation sites (N-methyl/N-ethyl adjacent to an activating group) is 1. The number of ether oxygens (including phenoxy) is 2. The maximum absolute atomic E-state index is 12.2. The summed E-state index contributed by atoms with van der Waals surface area (Å²) in [6.45, 7) is 0.416. The average molecular weight is 344 g/mol. The Kier molecular flexibility index (Phi) is 4.92. The lowest BCUT2D eigenvalue weighted by Crippen LogP contribution is -2.34. The predicted octanol–water partition coefficient (Wildman–Crippen LogP) is 2.56. The Bertz CT molecular complexity index is 770. The van der Waals surface area contributed by atoms with Crippen molar-refractivity contribution in [3.05, 3.63) is 47.9 Å². The fourth-order valence-electron chi connectivity index (χ4n) is 2.69. The van der Waals surface area contributed by atoms with Crippen LogP contribution < -0.4 is 9.47 Å². The van der Waals surface area contributed by atoms with Crippen molar-refractivity contribution in [2.24, 2.45) is 5.16 Å². The fraction of sp³-hybridized carbons (Fsp3) is 0.333. The molecule has 0 radical (unpaired) electrons. The van der Waals surface area contributed by atoms with Crippen LogP contribution in [0, 0.1) is 0 Å². The van der Waals surface area contributed by atoms with Gasteiger partial charge in [-0.3, -0.25) is 4.79 Å². The molecule has 1 amide bonds. The minimum absolute atomic E-state index is 0.187. The van der Waals surface area contributed by atoms with Gasteiger partial charge in [0.15, 0.2) is 23.4 Å². The number of oxime groups is 1. The lowest BCUT2D eigenvalue weighted by atomic mass is 10.0. The van der Waals surface area contributed by atoms with Gasteiger partial charge < -0.3 is 23.6 Å². The van der Waals surface area contributed by atoms with E-state index in [2.05, 4.69) is 5.16 Å². The predicted molar refractivity (Wildman–Crippen MR) is 91.2 cm³/mol. The summed E-state index contributed by atoms with van der Waals surface area (Å²) >= 11 is 0. The van der Waals surface area contributed by atoms with Crippen LogP contribution in [-0.2, 0) is 4.84 Å². The SMILES string of the molecule is COc1ccc(C2=NOC(CN(C)C(=O)c3ccco3)C2)cc1OC. The number of benzene rings is 1. The Balaban J connectivity index is 1.62. The molecule has 0 spiro atoms. The molecule has 1 unspecified atom stereocenters. The molecule has 7 nitrogen and oxygen atoms in total. The van der Waals surface area contributed by atoms with Crippen LogP contribution in [0.3, 0.4) is 0 Å². The Morgan fingerprint density at radius 2 is 2.08 bits per heavy atom. The van der Waals surface area contributed by atoms with Crippen molar-refractivity contribution in [1.82, 2.24) is 4.90 Å². The summed E-state index contributed by atoms with van der Waals surface area (Å²) in [5.74, 6) is 1.41. The van der Waals surface area contributed by atoms with Crippen molar-refractivity contribution in [2.75, 3.05) is 27.8 Å². The van der Waals surface area contributed by atoms with Crippen molar-refractivity contribution in [3.8, 4) is 11.5 Å². The second kappa shape index (κ2) is 7.29. The highest BCUT2D eigenvalue weighted by Crippen LogP contribution is 2.29. The van der Waals surface area contributed by atoms with Crippen molar-refractivity contribution in [3.63, 3.8) is 0 Å². The fourth-order valence-corrected chi connectivity index (χ4v) is 2.69. The molecule has 132 valence electrons. The van der Waals surface area contributed by atoms with E-state index in [1.165, 1.54) is 6.26 Å². The van der Waals surface area contributed by atoms with Crippen LogP contribution >= 0.6 is 0 Å². The number of rotatable bonds is 6. The van der Waals surface area contributed by atoms with Crippen LogP contribution in [0.1, 0.15) is 22.5 Å². The van der Waals surface area contributed by atoms with Crippen molar-refractivity contribution >= 4 is 11.6 Å². The van der Waals surface area contributed by atoms with Gasteiger partial charge in [0, 0.05) is 19.0 Å². The summed E-state index contributed by atoms with van der Waals surface area (Å²) in [6, 6.07) is 8.92. The highest BCUT2D eigenvalue weighted by Gasteiger charge is 2.26. The molecular weight excluding hydrogens is 324 g/mol. The van der Waals surface area contributed by atoms with E-state index in [-0.39, 0.29) is 12.0 Å². The molecule has 0 saturated heterocycles. The number of furan rings is 1. The molecule has 1 aromatic carbocycles. The molecule has 2 aromatic rings. The van der Waals surface area contributed by atoms with Gasteiger partial charge in [0.05, 0.1) is 32.7 Å². The van der Waals surface area contributed by atoms with Gasteiger partial charge in [0.25, 0.3) is 5.91 Å². The normalized spacial score (nSPS) is 16.1. The molecule has 7 heteroatoms. The van der Waals surface area contributed by atoms with Crippen LogP contribution in [0.25, 0.3) is 0 Å². The first-order valence-electron chi connectivity index (χ1n) is 7.86. The van der Waals surface area contributed by atoms with Crippen LogP contribution in [0.2, 0.25) is 0 Å². The maximum atomic E-state index is 12.2. The molecule has 1 aromatic heterocycles. The van der Waals surface area contributed by atoms with Crippen molar-refractivity contribution in [1.29, 1.82) is 0 Å². The Labute approximate surface area is 145 Å². The molecular formula is C18H20N2O5. The third kappa shape index (κ3) is 3.60. The average Bonchev–Trinajstić information content (AvgIpc) is 3.32. The minimum atomic E-state index is -0.202. The Morgan fingerprint density at radius 1 is 1.28 bits per heavy atom. The highest BCUT2D eigenvalue weighted by atomic mass is 16.6. The standard InChI is InChI=1S/C18H20N2O5/c1-20(18(21)16-5-4-8-24-16)11-13-10-14(19-25-13)12-6-7-15(22-2)17(9-12)23-3/h4-9,13H,10-11H2,1-3H3. The van der Waals surface area contributed by atoms with Crippen molar-refractivity contribution < 1.29 is 23.5 Å². The number of hydrogen-bond donors (Lipinski definition) is 0. The van der Waals surface area contributed by atoms with Gasteiger partial charge in [0.1, 0.15) is 0 Å². The van der Waals surface area contributed by atoms with Gasteiger partial charge in [0.2, 0.25) is 0 Å². The van der Waals surface area contributed by atoms with Crippen LogP contribution in [0.4, 0.5) is 0 Å². The van der Waals surface area contributed by atoms with Gasteiger partial charge in [-0.05, 0) is 30.3 Å². The smallest absolute Gasteiger partial charge is 0.289 e. The lowest BCUT2D eigenvalue weighted by Gasteiger charge is -2.18. The van der Waals surface area contributed by atoms with E-state index in [1.807, 2.05) is 18.2 Å². The van der Waals surface area contributed by atoms with E-state index in [9.17, 15) is 4.79 Å². The van der Waals surface area contributed by atoms with Gasteiger partial charge in [-0.25, -0.2) is 0 Å². The zero-order valence-corrected chi connectivity index (χ0v) is 14.4. The topological polar surface area (TPSA) is 73.5 Å². The van der Waals surface area contributed by atoms with Gasteiger partial charge in [-0.2, -0.15) is 0 Å². The summed E-state index contributed by atoms with van der Waals surface area (Å²) in [7, 11) is 4.89. The first-order chi connectivity index (χ1) is 12.1. The third-order valence-corrected chi connectivity index (χ3v) is 4.01. The Morgan fingerprint density at radius 3 is 2.76 bits per heavy atom. The largest absolute Gasteiger partial charge is 0.493 e. The molecule has 25 heavy (non-hydrogen) atoms. The molecule has 1 aliphatic rings. The van der Waals surface area contributed by atoms with E-state index >= 15 is 0 Å². The first-order valence-corrected chi connectivity index (χ1v) is 7.86. The lowest BCUT2D eigenvalue weighted by molar-refractivity contribution is 0.0464. The molecule has 3 rings (SSSR count). The summed E-state index contributed by atoms with van der Waals surface area (Å²) in [6.07, 6.45) is 1.88. The number of nitrogens with zero attached hydrogens (tertiary/aromatic N) is 2. The molecule has 0 fully saturated rings. The van der Waals surface area contributed by atoms with E-state index in [1.54, 1.807) is 38.3 Å². The third-order valence-electron chi connectivity index (χ3n) is 4.01. The molecule has 0 N–H and O–H groups in total. The van der Waals surface area contributed by atoms with Crippen LogP contribution in [0.5, 0.6) is 11.5 Å². The molecule has 1 atom stereocenters. The number of carbonyl (C=O) groups excluding carboxylic acids is 1. The number of hydrogen-bond acceptors (Lipinski definition) is 6. The molecule has 0 aliphatic carbocycles. The zero-order chi connectivity index (χ0) is 17.8. The Hall–Kier alpha value is -2.96. The molecule has 0 bridgehead atoms. The summed E-state index contributed by atoms with van der Waals surface area (Å²) in [4.78, 5) is 19.3. The van der Waals surface area contributed by atoms with E-state index in [4.69, 9.17) is 18.7 Å². The van der Waals surface area contributed by atoms with Gasteiger partial charge >= 0.3 is 0 Å². The second-order valence-electron chi connectivity index (χ2n) is 5.70. The molecule has 2 heterocycles. The van der Waals surface area contributed by atoms with Crippen molar-refractivity contribution in [2.45, 2.75) is 12.5 Å². The first kappa shape index (κ1) is 16.9. The number of methoxy groups -OCH3 is 2. The number of amides is 1. The minimum Gasteiger partial charge on any atom is -0.493 e. The molecule has 0 saturated carbocycles. The second-order valence-corrected chi connectivity index (χ2v) is 5.70. The number of carbonyl (C=O) groups is 1. The quantitative estimate of drug-likeness (QED) is 0.805. The summed E-state index contributed by atoms with van der Waals surface area (Å²) in [5.41, 5.74) is 1.71. The van der Waals surface area contributed by atoms with E-state index in [0.717, 1.165) is 11.3 Å². The highest BCUT2D eigenvalue weighted by molar-refractivity contribution is 6.01. The van der Waals surface area contributed by atoms with E-state index in [0.29, 0.717) is 30.2 Å². The monoisotopic (exact) mass is 344 g/mol. The van der Waals surface area contributed by atoms with Gasteiger partial charge in [-0.15, -0.1) is 0 Å². The van der Waals surface area contributed by atoms with Gasteiger partial charge in [-0.1, -0.05) is 5.16 Å². The van der Waals surface area contributed by atoms with E-state index < -0.39 is 0 Å². The maximum Gasteiger partial charge on any atom is 0.289 e. The summed E-state index contributed by atoms with van der Waals surface area (Å²) in [5, 5.41) is 4.15.